The summed E-state index contributed by atoms with van der Waals surface area (Å²) < 4.78 is 7.46. The summed E-state index contributed by atoms with van der Waals surface area (Å²) in [6.07, 6.45) is 1.39. The Hall–Kier alpha value is -4.39. The van der Waals surface area contributed by atoms with Crippen LogP contribution in [0.3, 0.4) is 0 Å². The molecule has 0 radical (unpaired) electrons. The number of nitriles is 1. The molecule has 1 amide bonds. The van der Waals surface area contributed by atoms with Crippen LogP contribution in [-0.2, 0) is 4.74 Å². The highest BCUT2D eigenvalue weighted by atomic mass is 16.6. The van der Waals surface area contributed by atoms with Gasteiger partial charge in [0.1, 0.15) is 17.7 Å². The molecule has 3 heterocycles. The molecule has 2 aromatic carbocycles. The zero-order chi connectivity index (χ0) is 27.9. The summed E-state index contributed by atoms with van der Waals surface area (Å²) in [4.78, 5) is 21.5. The molecule has 39 heavy (non-hydrogen) atoms. The molecule has 0 spiro atoms. The van der Waals surface area contributed by atoms with Crippen molar-refractivity contribution in [1.82, 2.24) is 24.5 Å². The fourth-order valence-electron chi connectivity index (χ4n) is 5.21. The number of aromatic nitrogens is 4. The average Bonchev–Trinajstić information content (AvgIpc) is 3.36. The fraction of sp³-hybridized carbons (Fsp3) is 0.414. The third-order valence-corrected chi connectivity index (χ3v) is 7.16. The second-order valence-corrected chi connectivity index (χ2v) is 11.1. The van der Waals surface area contributed by atoms with Gasteiger partial charge in [0.2, 0.25) is 0 Å². The summed E-state index contributed by atoms with van der Waals surface area (Å²) in [7, 11) is 0. The maximum absolute atomic E-state index is 12.6. The standard InChI is InChI=1S/C29H34N8O2/c1-18-16-35(28(38)39-29(4,5)6)12-13-36(18)22-10-11-25-24(14-22)26(33-27-34-31-17-37(25)27)32-20(3)23-9-7-8-21(15-30)19(23)2/h7-11,14,17-18,20H,12-13,16H2,1-6H3,(H,32,33,34). The van der Waals surface area contributed by atoms with Gasteiger partial charge in [-0.05, 0) is 76.9 Å². The van der Waals surface area contributed by atoms with Crippen molar-refractivity contribution < 1.29 is 9.53 Å². The zero-order valence-electron chi connectivity index (χ0n) is 23.3. The molecule has 2 unspecified atom stereocenters. The number of hydrogen-bond acceptors (Lipinski definition) is 8. The molecule has 1 aliphatic heterocycles. The first-order valence-corrected chi connectivity index (χ1v) is 13.2. The summed E-state index contributed by atoms with van der Waals surface area (Å²) in [6.45, 7) is 13.6. The molecule has 0 saturated carbocycles. The van der Waals surface area contributed by atoms with Gasteiger partial charge < -0.3 is 19.9 Å². The van der Waals surface area contributed by atoms with Gasteiger partial charge in [-0.1, -0.05) is 12.1 Å². The third kappa shape index (κ3) is 5.17. The molecule has 2 atom stereocenters. The minimum atomic E-state index is -0.523. The first-order chi connectivity index (χ1) is 18.6. The molecular weight excluding hydrogens is 492 g/mol. The predicted octanol–water partition coefficient (Wildman–Crippen LogP) is 5.08. The predicted molar refractivity (Wildman–Crippen MR) is 151 cm³/mol. The molecule has 1 saturated heterocycles. The monoisotopic (exact) mass is 526 g/mol. The van der Waals surface area contributed by atoms with E-state index in [1.807, 2.05) is 50.3 Å². The number of piperazine rings is 1. The Morgan fingerprint density at radius 1 is 1.23 bits per heavy atom. The molecule has 5 rings (SSSR count). The van der Waals surface area contributed by atoms with Crippen molar-refractivity contribution in [3.05, 3.63) is 59.4 Å². The molecule has 4 aromatic rings. The van der Waals surface area contributed by atoms with E-state index in [1.54, 1.807) is 11.2 Å². The van der Waals surface area contributed by atoms with Crippen LogP contribution in [0.15, 0.2) is 42.7 Å². The first-order valence-electron chi connectivity index (χ1n) is 13.2. The van der Waals surface area contributed by atoms with E-state index in [0.717, 1.165) is 27.7 Å². The minimum absolute atomic E-state index is 0.0978. The van der Waals surface area contributed by atoms with E-state index in [1.165, 1.54) is 0 Å². The van der Waals surface area contributed by atoms with Gasteiger partial charge in [0, 0.05) is 36.7 Å². The number of carbonyl (C=O) groups excluding carboxylic acids is 1. The largest absolute Gasteiger partial charge is 0.444 e. The molecule has 1 fully saturated rings. The number of rotatable bonds is 4. The summed E-state index contributed by atoms with van der Waals surface area (Å²) >= 11 is 0. The highest BCUT2D eigenvalue weighted by Crippen LogP contribution is 2.32. The number of hydrogen-bond donors (Lipinski definition) is 1. The number of nitrogens with one attached hydrogen (secondary N) is 1. The quantitative estimate of drug-likeness (QED) is 0.392. The first kappa shape index (κ1) is 26.2. The van der Waals surface area contributed by atoms with E-state index in [2.05, 4.69) is 58.5 Å². The topological polar surface area (TPSA) is 112 Å². The van der Waals surface area contributed by atoms with Gasteiger partial charge >= 0.3 is 6.09 Å². The Morgan fingerprint density at radius 3 is 2.74 bits per heavy atom. The van der Waals surface area contributed by atoms with Crippen LogP contribution in [0.1, 0.15) is 57.4 Å². The van der Waals surface area contributed by atoms with Crippen molar-refractivity contribution >= 4 is 34.3 Å². The molecule has 10 heteroatoms. The Morgan fingerprint density at radius 2 is 2.03 bits per heavy atom. The lowest BCUT2D eigenvalue weighted by Crippen LogP contribution is -2.54. The van der Waals surface area contributed by atoms with Gasteiger partial charge in [-0.2, -0.15) is 10.2 Å². The molecule has 1 aliphatic rings. The van der Waals surface area contributed by atoms with E-state index in [0.29, 0.717) is 36.8 Å². The van der Waals surface area contributed by atoms with Crippen LogP contribution in [0.5, 0.6) is 0 Å². The Bertz CT molecular complexity index is 1580. The second-order valence-electron chi connectivity index (χ2n) is 11.1. The number of carbonyl (C=O) groups is 1. The van der Waals surface area contributed by atoms with Gasteiger partial charge in [0.25, 0.3) is 5.78 Å². The van der Waals surface area contributed by atoms with E-state index in [4.69, 9.17) is 9.72 Å². The lowest BCUT2D eigenvalue weighted by molar-refractivity contribution is 0.0219. The van der Waals surface area contributed by atoms with Gasteiger partial charge in [0.05, 0.1) is 23.2 Å². The summed E-state index contributed by atoms with van der Waals surface area (Å²) in [5.74, 6) is 1.20. The van der Waals surface area contributed by atoms with Crippen molar-refractivity contribution in [2.24, 2.45) is 0 Å². The van der Waals surface area contributed by atoms with Crippen LogP contribution in [0, 0.1) is 18.3 Å². The average molecular weight is 527 g/mol. The van der Waals surface area contributed by atoms with E-state index < -0.39 is 5.60 Å². The minimum Gasteiger partial charge on any atom is -0.444 e. The lowest BCUT2D eigenvalue weighted by atomic mass is 9.98. The number of nitrogens with zero attached hydrogens (tertiary/aromatic N) is 7. The number of anilines is 2. The van der Waals surface area contributed by atoms with Crippen molar-refractivity contribution in [1.29, 1.82) is 5.26 Å². The van der Waals surface area contributed by atoms with Gasteiger partial charge in [-0.25, -0.2) is 4.79 Å². The molecular formula is C29H34N8O2. The molecule has 2 aromatic heterocycles. The van der Waals surface area contributed by atoms with Crippen molar-refractivity contribution in [3.63, 3.8) is 0 Å². The SMILES string of the molecule is Cc1c(C#N)cccc1C(C)Nc1nc2nncn2c2ccc(N3CCN(C(=O)OC(C)(C)C)CC3C)cc12. The molecule has 10 nitrogen and oxygen atoms in total. The van der Waals surface area contributed by atoms with Crippen LogP contribution < -0.4 is 10.2 Å². The highest BCUT2D eigenvalue weighted by Gasteiger charge is 2.30. The second kappa shape index (κ2) is 10.1. The van der Waals surface area contributed by atoms with Crippen LogP contribution in [0.4, 0.5) is 16.3 Å². The van der Waals surface area contributed by atoms with E-state index in [-0.39, 0.29) is 18.2 Å². The third-order valence-electron chi connectivity index (χ3n) is 7.16. The molecule has 202 valence electrons. The van der Waals surface area contributed by atoms with E-state index in [9.17, 15) is 10.1 Å². The van der Waals surface area contributed by atoms with E-state index >= 15 is 0 Å². The molecule has 0 aliphatic carbocycles. The van der Waals surface area contributed by atoms with Crippen LogP contribution >= 0.6 is 0 Å². The van der Waals surface area contributed by atoms with Crippen molar-refractivity contribution in [3.8, 4) is 6.07 Å². The summed E-state index contributed by atoms with van der Waals surface area (Å²) in [6, 6.07) is 14.3. The summed E-state index contributed by atoms with van der Waals surface area (Å²) in [5, 5.41) is 22.2. The maximum atomic E-state index is 12.6. The summed E-state index contributed by atoms with van der Waals surface area (Å²) in [5.41, 5.74) is 4.11. The number of ether oxygens (including phenoxy) is 1. The van der Waals surface area contributed by atoms with Gasteiger partial charge in [-0.15, -0.1) is 10.2 Å². The van der Waals surface area contributed by atoms with Crippen LogP contribution in [-0.4, -0.2) is 61.9 Å². The maximum Gasteiger partial charge on any atom is 0.410 e. The Labute approximate surface area is 228 Å². The zero-order valence-corrected chi connectivity index (χ0v) is 23.3. The number of fused-ring (bicyclic) bond motifs is 3. The number of amides is 1. The van der Waals surface area contributed by atoms with Crippen molar-refractivity contribution in [2.75, 3.05) is 29.9 Å². The van der Waals surface area contributed by atoms with Gasteiger partial charge in [0.15, 0.2) is 0 Å². The van der Waals surface area contributed by atoms with Crippen LogP contribution in [0.25, 0.3) is 16.7 Å². The Kier molecular flexibility index (Phi) is 6.76. The van der Waals surface area contributed by atoms with Crippen LogP contribution in [0.2, 0.25) is 0 Å². The fourth-order valence-corrected chi connectivity index (χ4v) is 5.21. The lowest BCUT2D eigenvalue weighted by Gasteiger charge is -2.41. The van der Waals surface area contributed by atoms with Crippen molar-refractivity contribution in [2.45, 2.75) is 59.2 Å². The molecule has 0 bridgehead atoms. The highest BCUT2D eigenvalue weighted by molar-refractivity contribution is 5.94. The normalized spacial score (nSPS) is 16.8. The Balaban J connectivity index is 1.47. The van der Waals surface area contributed by atoms with Gasteiger partial charge in [-0.3, -0.25) is 4.40 Å². The smallest absolute Gasteiger partial charge is 0.410 e. The molecule has 1 N–H and O–H groups in total. The number of benzene rings is 2.